The summed E-state index contributed by atoms with van der Waals surface area (Å²) in [5, 5.41) is 4.92. The Labute approximate surface area is 322 Å². The molecule has 0 fully saturated rings. The van der Waals surface area contributed by atoms with Crippen LogP contribution in [0.2, 0.25) is 0 Å². The second-order valence-electron chi connectivity index (χ2n) is 13.9. The molecule has 6 heteroatoms. The molecule has 0 saturated heterocycles. The van der Waals surface area contributed by atoms with Crippen LogP contribution in [0.5, 0.6) is 0 Å². The topological polar surface area (TPSA) is 61.4 Å². The molecule has 0 aliphatic heterocycles. The molecule has 262 valence electrons. The van der Waals surface area contributed by atoms with Crippen LogP contribution in [-0.4, -0.2) is 29.1 Å². The Morgan fingerprint density at radius 1 is 0.304 bits per heavy atom. The highest BCUT2D eigenvalue weighted by Crippen LogP contribution is 2.38. The normalized spacial score (nSPS) is 11.6. The molecule has 0 spiro atoms. The van der Waals surface area contributed by atoms with Gasteiger partial charge in [0.15, 0.2) is 5.82 Å². The lowest BCUT2D eigenvalue weighted by Gasteiger charge is -2.13. The first-order valence-corrected chi connectivity index (χ1v) is 18.7. The van der Waals surface area contributed by atoms with Crippen molar-refractivity contribution in [3.8, 4) is 56.7 Å². The molecule has 11 aromatic rings. The minimum absolute atomic E-state index is 0.618. The van der Waals surface area contributed by atoms with Crippen LogP contribution in [0.1, 0.15) is 0 Å². The molecular weight excluding hydrogens is 685 g/mol. The monoisotopic (exact) mass is 716 g/mol. The standard InChI is InChI=1S/C50H32N6/c1-4-22-46-38(17-1)39-18-2-5-23-47(39)55(46)36-15-12-16-37(31-36)56-48-24-6-3-19-40(48)41-26-25-34(30-49(41)56)33-13-11-14-35(29-33)50-53-44(42-20-7-9-27-51-42)32-45(54-50)43-21-8-10-28-52-43/h1-32H. The van der Waals surface area contributed by atoms with Gasteiger partial charge in [-0.1, -0.05) is 103 Å². The fourth-order valence-corrected chi connectivity index (χ4v) is 8.11. The maximum atomic E-state index is 5.03. The zero-order valence-electron chi connectivity index (χ0n) is 30.2. The van der Waals surface area contributed by atoms with E-state index in [-0.39, 0.29) is 0 Å². The molecule has 5 aromatic heterocycles. The Morgan fingerprint density at radius 3 is 1.36 bits per heavy atom. The molecule has 56 heavy (non-hydrogen) atoms. The highest BCUT2D eigenvalue weighted by atomic mass is 15.0. The van der Waals surface area contributed by atoms with Crippen molar-refractivity contribution in [2.24, 2.45) is 0 Å². The van der Waals surface area contributed by atoms with Crippen molar-refractivity contribution in [1.82, 2.24) is 29.1 Å². The van der Waals surface area contributed by atoms with Crippen molar-refractivity contribution in [3.05, 3.63) is 194 Å². The number of nitrogens with zero attached hydrogens (tertiary/aromatic N) is 6. The van der Waals surface area contributed by atoms with Crippen molar-refractivity contribution in [2.45, 2.75) is 0 Å². The summed E-state index contributed by atoms with van der Waals surface area (Å²) in [6.07, 6.45) is 3.57. The summed E-state index contributed by atoms with van der Waals surface area (Å²) in [5.74, 6) is 0.618. The average molecular weight is 717 g/mol. The van der Waals surface area contributed by atoms with Crippen LogP contribution in [0.3, 0.4) is 0 Å². The van der Waals surface area contributed by atoms with E-state index >= 15 is 0 Å². The average Bonchev–Trinajstić information content (AvgIpc) is 3.80. The molecule has 0 radical (unpaired) electrons. The summed E-state index contributed by atoms with van der Waals surface area (Å²) in [5.41, 5.74) is 13.1. The van der Waals surface area contributed by atoms with Gasteiger partial charge in [-0.25, -0.2) is 9.97 Å². The Morgan fingerprint density at radius 2 is 0.786 bits per heavy atom. The lowest BCUT2D eigenvalue weighted by molar-refractivity contribution is 1.13. The largest absolute Gasteiger partial charge is 0.309 e. The van der Waals surface area contributed by atoms with E-state index in [4.69, 9.17) is 9.97 Å². The first-order chi connectivity index (χ1) is 27.8. The van der Waals surface area contributed by atoms with E-state index in [1.807, 2.05) is 42.5 Å². The third-order valence-electron chi connectivity index (χ3n) is 10.6. The predicted molar refractivity (Wildman–Crippen MR) is 228 cm³/mol. The SMILES string of the molecule is c1ccc(-c2cc(-c3ccccn3)nc(-c3cccc(-c4ccc5c6ccccc6n(-c6cccc(-n7c8ccccc8c8ccccc87)c6)c5c4)c3)n2)nc1. The molecule has 5 heterocycles. The Kier molecular flexibility index (Phi) is 7.38. The van der Waals surface area contributed by atoms with E-state index < -0.39 is 0 Å². The van der Waals surface area contributed by atoms with Crippen molar-refractivity contribution < 1.29 is 0 Å². The van der Waals surface area contributed by atoms with Crippen LogP contribution in [0.4, 0.5) is 0 Å². The van der Waals surface area contributed by atoms with Crippen LogP contribution in [0, 0.1) is 0 Å². The summed E-state index contributed by atoms with van der Waals surface area (Å²) >= 11 is 0. The quantitative estimate of drug-likeness (QED) is 0.172. The summed E-state index contributed by atoms with van der Waals surface area (Å²) in [7, 11) is 0. The van der Waals surface area contributed by atoms with Crippen LogP contribution >= 0.6 is 0 Å². The van der Waals surface area contributed by atoms with Gasteiger partial charge < -0.3 is 9.13 Å². The molecule has 0 atom stereocenters. The Bertz CT molecular complexity index is 3140. The van der Waals surface area contributed by atoms with Gasteiger partial charge in [0.25, 0.3) is 0 Å². The van der Waals surface area contributed by atoms with E-state index in [9.17, 15) is 0 Å². The number of rotatable bonds is 6. The molecule has 6 aromatic carbocycles. The number of para-hydroxylation sites is 3. The highest BCUT2D eigenvalue weighted by Gasteiger charge is 2.17. The van der Waals surface area contributed by atoms with Crippen molar-refractivity contribution in [3.63, 3.8) is 0 Å². The molecule has 0 saturated carbocycles. The number of aromatic nitrogens is 6. The minimum atomic E-state index is 0.618. The van der Waals surface area contributed by atoms with Gasteiger partial charge in [0.05, 0.1) is 44.8 Å². The number of hydrogen-bond donors (Lipinski definition) is 0. The first-order valence-electron chi connectivity index (χ1n) is 18.7. The number of fused-ring (bicyclic) bond motifs is 6. The zero-order chi connectivity index (χ0) is 37.0. The maximum Gasteiger partial charge on any atom is 0.160 e. The third-order valence-corrected chi connectivity index (χ3v) is 10.6. The Balaban J connectivity index is 1.06. The maximum absolute atomic E-state index is 5.03. The van der Waals surface area contributed by atoms with Crippen molar-refractivity contribution in [1.29, 1.82) is 0 Å². The third kappa shape index (κ3) is 5.27. The zero-order valence-corrected chi connectivity index (χ0v) is 30.2. The highest BCUT2D eigenvalue weighted by molar-refractivity contribution is 6.11. The van der Waals surface area contributed by atoms with E-state index in [2.05, 4.69) is 159 Å². The van der Waals surface area contributed by atoms with Crippen LogP contribution in [0.25, 0.3) is 100 Å². The van der Waals surface area contributed by atoms with E-state index in [0.29, 0.717) is 5.82 Å². The van der Waals surface area contributed by atoms with Gasteiger partial charge in [0.1, 0.15) is 0 Å². The van der Waals surface area contributed by atoms with E-state index in [1.165, 1.54) is 32.6 Å². The molecular formula is C50H32N6. The summed E-state index contributed by atoms with van der Waals surface area (Å²) in [4.78, 5) is 19.2. The Hall–Kier alpha value is -7.70. The first kappa shape index (κ1) is 31.8. The van der Waals surface area contributed by atoms with Gasteiger partial charge in [0, 0.05) is 50.9 Å². The molecule has 0 N–H and O–H groups in total. The molecule has 11 rings (SSSR count). The second-order valence-corrected chi connectivity index (χ2v) is 13.9. The van der Waals surface area contributed by atoms with E-state index in [0.717, 1.165) is 61.9 Å². The van der Waals surface area contributed by atoms with Gasteiger partial charge in [-0.2, -0.15) is 0 Å². The lowest BCUT2D eigenvalue weighted by atomic mass is 10.0. The molecule has 0 aliphatic carbocycles. The molecule has 6 nitrogen and oxygen atoms in total. The van der Waals surface area contributed by atoms with Crippen LogP contribution < -0.4 is 0 Å². The van der Waals surface area contributed by atoms with Gasteiger partial charge >= 0.3 is 0 Å². The summed E-state index contributed by atoms with van der Waals surface area (Å²) in [6.45, 7) is 0. The van der Waals surface area contributed by atoms with Gasteiger partial charge in [-0.05, 0) is 90.0 Å². The van der Waals surface area contributed by atoms with Gasteiger partial charge in [-0.3, -0.25) is 9.97 Å². The predicted octanol–water partition coefficient (Wildman–Crippen LogP) is 12.1. The van der Waals surface area contributed by atoms with Gasteiger partial charge in [-0.15, -0.1) is 0 Å². The minimum Gasteiger partial charge on any atom is -0.309 e. The number of benzene rings is 6. The van der Waals surface area contributed by atoms with Crippen molar-refractivity contribution in [2.75, 3.05) is 0 Å². The molecule has 0 unspecified atom stereocenters. The number of hydrogen-bond acceptors (Lipinski definition) is 4. The summed E-state index contributed by atoms with van der Waals surface area (Å²) < 4.78 is 4.77. The summed E-state index contributed by atoms with van der Waals surface area (Å²) in [6, 6.07) is 63.8. The van der Waals surface area contributed by atoms with Gasteiger partial charge in [0.2, 0.25) is 0 Å². The fraction of sp³-hybridized carbons (Fsp3) is 0. The van der Waals surface area contributed by atoms with Crippen molar-refractivity contribution >= 4 is 43.6 Å². The number of pyridine rings is 2. The molecule has 0 aliphatic rings. The van der Waals surface area contributed by atoms with Crippen LogP contribution in [-0.2, 0) is 0 Å². The van der Waals surface area contributed by atoms with Crippen LogP contribution in [0.15, 0.2) is 194 Å². The van der Waals surface area contributed by atoms with E-state index in [1.54, 1.807) is 12.4 Å². The lowest BCUT2D eigenvalue weighted by Crippen LogP contribution is -1.98. The second kappa shape index (κ2) is 13.0. The molecule has 0 bridgehead atoms. The smallest absolute Gasteiger partial charge is 0.160 e. The molecule has 0 amide bonds. The fourth-order valence-electron chi connectivity index (χ4n) is 8.11.